The first-order chi connectivity index (χ1) is 7.71. The largest absolute Gasteiger partial charge is 0.497 e. The van der Waals surface area contributed by atoms with Crippen molar-refractivity contribution in [2.45, 2.75) is 0 Å². The summed E-state index contributed by atoms with van der Waals surface area (Å²) >= 11 is 7.30. The van der Waals surface area contributed by atoms with Crippen LogP contribution in [-0.4, -0.2) is 18.5 Å². The van der Waals surface area contributed by atoms with E-state index in [1.165, 1.54) is 11.8 Å². The molecule has 84 valence electrons. The monoisotopic (exact) mass is 255 g/mol. The number of nitrogens with one attached hydrogen (secondary N) is 1. The van der Waals surface area contributed by atoms with Crippen LogP contribution >= 0.6 is 23.4 Å². The first kappa shape index (κ1) is 12.7. The third kappa shape index (κ3) is 3.33. The molecular formula is C10H10ClN3OS. The quantitative estimate of drug-likeness (QED) is 0.382. The molecule has 1 aromatic rings. The van der Waals surface area contributed by atoms with Crippen LogP contribution in [0.15, 0.2) is 23.2 Å². The normalized spacial score (nSPS) is 10.8. The molecule has 0 saturated heterocycles. The van der Waals surface area contributed by atoms with Gasteiger partial charge in [-0.05, 0) is 18.4 Å². The number of benzene rings is 1. The van der Waals surface area contributed by atoms with Gasteiger partial charge in [0.15, 0.2) is 11.4 Å². The Morgan fingerprint density at radius 2 is 2.38 bits per heavy atom. The minimum atomic E-state index is 0.484. The summed E-state index contributed by atoms with van der Waals surface area (Å²) < 4.78 is 5.06. The number of amidine groups is 1. The molecule has 1 aromatic carbocycles. The Labute approximate surface area is 103 Å². The number of nitrogens with zero attached hydrogens (tertiary/aromatic N) is 2. The molecule has 0 aliphatic carbocycles. The lowest BCUT2D eigenvalue weighted by molar-refractivity contribution is 0.415. The number of hydrogen-bond donors (Lipinski definition) is 1. The highest BCUT2D eigenvalue weighted by Gasteiger charge is 2.03. The van der Waals surface area contributed by atoms with Gasteiger partial charge in [-0.1, -0.05) is 23.4 Å². The van der Waals surface area contributed by atoms with Crippen LogP contribution in [0.4, 0.5) is 5.69 Å². The van der Waals surface area contributed by atoms with Gasteiger partial charge in [0.1, 0.15) is 5.75 Å². The molecule has 0 amide bonds. The van der Waals surface area contributed by atoms with Gasteiger partial charge in [0, 0.05) is 6.07 Å². The van der Waals surface area contributed by atoms with Gasteiger partial charge in [-0.2, -0.15) is 5.26 Å². The van der Waals surface area contributed by atoms with Gasteiger partial charge in [-0.25, -0.2) is 4.99 Å². The Bertz CT molecular complexity index is 442. The molecule has 16 heavy (non-hydrogen) atoms. The van der Waals surface area contributed by atoms with Crippen molar-refractivity contribution >= 4 is 34.2 Å². The maximum atomic E-state index is 8.50. The van der Waals surface area contributed by atoms with E-state index in [4.69, 9.17) is 21.6 Å². The highest BCUT2D eigenvalue weighted by molar-refractivity contribution is 8.13. The maximum absolute atomic E-state index is 8.50. The standard InChI is InChI=1S/C10H10ClN3OS/c1-15-7-3-4-8(11)9(5-7)14-10(16-2)13-6-12/h3-5H,1-2H3,(H,13,14). The maximum Gasteiger partial charge on any atom is 0.183 e. The minimum Gasteiger partial charge on any atom is -0.497 e. The summed E-state index contributed by atoms with van der Waals surface area (Å²) in [7, 11) is 1.57. The summed E-state index contributed by atoms with van der Waals surface area (Å²) in [6.07, 6.45) is 3.63. The van der Waals surface area contributed by atoms with Crippen molar-refractivity contribution in [2.24, 2.45) is 4.99 Å². The van der Waals surface area contributed by atoms with E-state index >= 15 is 0 Å². The fourth-order valence-corrected chi connectivity index (χ4v) is 1.48. The molecule has 4 nitrogen and oxygen atoms in total. The third-order valence-corrected chi connectivity index (χ3v) is 2.63. The van der Waals surface area contributed by atoms with Gasteiger partial charge in [-0.3, -0.25) is 5.32 Å². The second kappa shape index (κ2) is 6.26. The molecule has 1 N–H and O–H groups in total. The van der Waals surface area contributed by atoms with Gasteiger partial charge in [0.2, 0.25) is 0 Å². The Hall–Kier alpha value is -1.38. The molecule has 0 bridgehead atoms. The fraction of sp³-hybridized carbons (Fsp3) is 0.200. The van der Waals surface area contributed by atoms with E-state index in [0.717, 1.165) is 0 Å². The summed E-state index contributed by atoms with van der Waals surface area (Å²) in [6.45, 7) is 0. The summed E-state index contributed by atoms with van der Waals surface area (Å²) in [4.78, 5) is 4.21. The van der Waals surface area contributed by atoms with Crippen molar-refractivity contribution in [1.29, 1.82) is 5.26 Å². The Balaban J connectivity index is 3.07. The molecule has 0 aliphatic rings. The first-order valence-electron chi connectivity index (χ1n) is 4.32. The van der Waals surface area contributed by atoms with Crippen molar-refractivity contribution in [3.05, 3.63) is 23.2 Å². The number of nitriles is 1. The van der Waals surface area contributed by atoms with Crippen molar-refractivity contribution in [2.75, 3.05) is 13.4 Å². The van der Waals surface area contributed by atoms with Gasteiger partial charge in [0.05, 0.1) is 17.8 Å². The Morgan fingerprint density at radius 1 is 1.62 bits per heavy atom. The summed E-state index contributed by atoms with van der Waals surface area (Å²) in [5, 5.41) is 12.0. The second-order valence-electron chi connectivity index (χ2n) is 2.68. The van der Waals surface area contributed by atoms with Gasteiger partial charge in [0.25, 0.3) is 0 Å². The van der Waals surface area contributed by atoms with Crippen molar-refractivity contribution < 1.29 is 4.74 Å². The average molecular weight is 256 g/mol. The molecule has 0 atom stereocenters. The minimum absolute atomic E-state index is 0.484. The van der Waals surface area contributed by atoms with Crippen LogP contribution in [-0.2, 0) is 0 Å². The lowest BCUT2D eigenvalue weighted by Gasteiger charge is -2.04. The summed E-state index contributed by atoms with van der Waals surface area (Å²) in [6, 6.07) is 5.15. The molecule has 0 spiro atoms. The molecule has 0 unspecified atom stereocenters. The first-order valence-corrected chi connectivity index (χ1v) is 5.93. The highest BCUT2D eigenvalue weighted by atomic mass is 35.5. The van der Waals surface area contributed by atoms with Crippen LogP contribution in [0.5, 0.6) is 5.75 Å². The smallest absolute Gasteiger partial charge is 0.183 e. The van der Waals surface area contributed by atoms with Crippen molar-refractivity contribution in [1.82, 2.24) is 5.32 Å². The summed E-state index contributed by atoms with van der Waals surface area (Å²) in [5.74, 6) is 0.667. The Morgan fingerprint density at radius 3 is 2.94 bits per heavy atom. The molecule has 0 radical (unpaired) electrons. The fourth-order valence-electron chi connectivity index (χ4n) is 0.987. The zero-order chi connectivity index (χ0) is 12.0. The van der Waals surface area contributed by atoms with E-state index in [2.05, 4.69) is 10.3 Å². The number of ether oxygens (including phenoxy) is 1. The van der Waals surface area contributed by atoms with Gasteiger partial charge < -0.3 is 4.74 Å². The predicted molar refractivity (Wildman–Crippen MR) is 67.4 cm³/mol. The number of rotatable bonds is 2. The van der Waals surface area contributed by atoms with Crippen LogP contribution in [0, 0.1) is 11.5 Å². The van der Waals surface area contributed by atoms with Crippen LogP contribution in [0.3, 0.4) is 0 Å². The number of methoxy groups -OCH3 is 1. The van der Waals surface area contributed by atoms with E-state index < -0.39 is 0 Å². The van der Waals surface area contributed by atoms with E-state index in [9.17, 15) is 0 Å². The molecule has 0 saturated carbocycles. The van der Waals surface area contributed by atoms with Crippen LogP contribution < -0.4 is 10.1 Å². The van der Waals surface area contributed by atoms with Gasteiger partial charge >= 0.3 is 0 Å². The van der Waals surface area contributed by atoms with Crippen LogP contribution in [0.1, 0.15) is 0 Å². The SMILES string of the molecule is COc1ccc(Cl)c(N=C(NC#N)SC)c1. The second-order valence-corrected chi connectivity index (χ2v) is 3.88. The van der Waals surface area contributed by atoms with E-state index in [0.29, 0.717) is 21.6 Å². The van der Waals surface area contributed by atoms with Crippen molar-refractivity contribution in [3.8, 4) is 11.9 Å². The third-order valence-electron chi connectivity index (χ3n) is 1.73. The molecule has 6 heteroatoms. The predicted octanol–water partition coefficient (Wildman–Crippen LogP) is 2.77. The topological polar surface area (TPSA) is 57.4 Å². The molecular weight excluding hydrogens is 246 g/mol. The number of thioether (sulfide) groups is 1. The number of aliphatic imine (C=N–C) groups is 1. The molecule has 0 aromatic heterocycles. The zero-order valence-corrected chi connectivity index (χ0v) is 10.4. The van der Waals surface area contributed by atoms with Crippen molar-refractivity contribution in [3.63, 3.8) is 0 Å². The van der Waals surface area contributed by atoms with Gasteiger partial charge in [-0.15, -0.1) is 0 Å². The molecule has 0 aliphatic heterocycles. The molecule has 0 heterocycles. The lowest BCUT2D eigenvalue weighted by atomic mass is 10.3. The number of hydrogen-bond acceptors (Lipinski definition) is 4. The van der Waals surface area contributed by atoms with E-state index in [-0.39, 0.29) is 0 Å². The molecule has 1 rings (SSSR count). The highest BCUT2D eigenvalue weighted by Crippen LogP contribution is 2.29. The van der Waals surface area contributed by atoms with Crippen LogP contribution in [0.25, 0.3) is 0 Å². The van der Waals surface area contributed by atoms with E-state index in [1.807, 2.05) is 12.4 Å². The Kier molecular flexibility index (Phi) is 4.96. The summed E-state index contributed by atoms with van der Waals surface area (Å²) in [5.41, 5.74) is 0.563. The number of halogens is 1. The van der Waals surface area contributed by atoms with E-state index in [1.54, 1.807) is 25.3 Å². The average Bonchev–Trinajstić information content (AvgIpc) is 2.31. The van der Waals surface area contributed by atoms with Crippen LogP contribution in [0.2, 0.25) is 5.02 Å². The lowest BCUT2D eigenvalue weighted by Crippen LogP contribution is -2.12. The molecule has 0 fully saturated rings. The zero-order valence-electron chi connectivity index (χ0n) is 8.82.